The molecule has 1 aromatic heterocycles. The summed E-state index contributed by atoms with van der Waals surface area (Å²) in [5, 5.41) is 9.16. The fourth-order valence-corrected chi connectivity index (χ4v) is 1.88. The maximum absolute atomic E-state index is 11.6. The van der Waals surface area contributed by atoms with Gasteiger partial charge >= 0.3 is 0 Å². The number of carbonyl (C=O) groups is 1. The zero-order valence-corrected chi connectivity index (χ0v) is 9.99. The zero-order chi connectivity index (χ0) is 12.1. The van der Waals surface area contributed by atoms with Crippen LogP contribution in [0.2, 0.25) is 0 Å². The van der Waals surface area contributed by atoms with Crippen LogP contribution in [0.15, 0.2) is 18.2 Å². The summed E-state index contributed by atoms with van der Waals surface area (Å²) >= 11 is 0. The molecule has 0 saturated carbocycles. The molecule has 1 aliphatic heterocycles. The minimum atomic E-state index is -0.159. The Balaban J connectivity index is 2.01. The average Bonchev–Trinajstić information content (AvgIpc) is 2.33. The number of carbonyl (C=O) groups excluding carboxylic acids is 1. The van der Waals surface area contributed by atoms with Gasteiger partial charge in [-0.3, -0.25) is 4.79 Å². The Hall–Kier alpha value is -1.78. The van der Waals surface area contributed by atoms with E-state index < -0.39 is 0 Å². The Morgan fingerprint density at radius 2 is 2.29 bits per heavy atom. The number of nitrogens with zero attached hydrogens (tertiary/aromatic N) is 1. The number of amides is 1. The van der Waals surface area contributed by atoms with Gasteiger partial charge in [0, 0.05) is 13.1 Å². The number of hydrogen-bond donors (Lipinski definition) is 3. The Labute approximate surface area is 101 Å². The summed E-state index contributed by atoms with van der Waals surface area (Å²) in [5.41, 5.74) is 0. The largest absolute Gasteiger partial charge is 0.370 e. The first-order valence-corrected chi connectivity index (χ1v) is 6.05. The molecular formula is C12H18N4O. The van der Waals surface area contributed by atoms with Crippen molar-refractivity contribution in [2.24, 2.45) is 0 Å². The minimum absolute atomic E-state index is 0.0619. The molecule has 5 nitrogen and oxygen atoms in total. The van der Waals surface area contributed by atoms with Crippen molar-refractivity contribution in [2.75, 3.05) is 23.7 Å². The summed E-state index contributed by atoms with van der Waals surface area (Å²) in [7, 11) is 0. The number of hydrogen-bond acceptors (Lipinski definition) is 4. The quantitative estimate of drug-likeness (QED) is 0.732. The summed E-state index contributed by atoms with van der Waals surface area (Å²) in [6.45, 7) is 3.64. The van der Waals surface area contributed by atoms with E-state index in [1.165, 1.54) is 0 Å². The van der Waals surface area contributed by atoms with Crippen LogP contribution in [0, 0.1) is 0 Å². The number of anilines is 2. The minimum Gasteiger partial charge on any atom is -0.370 e. The Morgan fingerprint density at radius 1 is 1.47 bits per heavy atom. The highest BCUT2D eigenvalue weighted by Gasteiger charge is 2.21. The lowest BCUT2D eigenvalue weighted by atomic mass is 10.1. The van der Waals surface area contributed by atoms with Crippen LogP contribution >= 0.6 is 0 Å². The van der Waals surface area contributed by atoms with E-state index in [0.717, 1.165) is 37.6 Å². The Kier molecular flexibility index (Phi) is 3.80. The van der Waals surface area contributed by atoms with Gasteiger partial charge in [0.1, 0.15) is 17.7 Å². The van der Waals surface area contributed by atoms with Gasteiger partial charge in [0.05, 0.1) is 0 Å². The molecule has 92 valence electrons. The van der Waals surface area contributed by atoms with Gasteiger partial charge < -0.3 is 16.0 Å². The SMILES string of the molecule is CCNc1cccc(NC2CCCNC2=O)n1. The third kappa shape index (κ3) is 3.09. The molecule has 1 atom stereocenters. The highest BCUT2D eigenvalue weighted by atomic mass is 16.2. The molecule has 17 heavy (non-hydrogen) atoms. The van der Waals surface area contributed by atoms with Crippen LogP contribution in [0.3, 0.4) is 0 Å². The maximum Gasteiger partial charge on any atom is 0.242 e. The normalized spacial score (nSPS) is 19.6. The molecule has 0 bridgehead atoms. The lowest BCUT2D eigenvalue weighted by molar-refractivity contribution is -0.123. The number of pyridine rings is 1. The summed E-state index contributed by atoms with van der Waals surface area (Å²) in [6.07, 6.45) is 1.87. The summed E-state index contributed by atoms with van der Waals surface area (Å²) in [6, 6.07) is 5.56. The van der Waals surface area contributed by atoms with E-state index in [4.69, 9.17) is 0 Å². The molecule has 1 aliphatic rings. The van der Waals surface area contributed by atoms with Gasteiger partial charge in [0.25, 0.3) is 0 Å². The highest BCUT2D eigenvalue weighted by Crippen LogP contribution is 2.13. The number of rotatable bonds is 4. The number of aromatic nitrogens is 1. The predicted molar refractivity (Wildman–Crippen MR) is 68.1 cm³/mol. The van der Waals surface area contributed by atoms with Gasteiger partial charge in [-0.1, -0.05) is 6.07 Å². The molecule has 1 amide bonds. The second-order valence-corrected chi connectivity index (χ2v) is 4.07. The van der Waals surface area contributed by atoms with Crippen molar-refractivity contribution in [1.29, 1.82) is 0 Å². The van der Waals surface area contributed by atoms with Crippen LogP contribution in [0.4, 0.5) is 11.6 Å². The van der Waals surface area contributed by atoms with Crippen molar-refractivity contribution < 1.29 is 4.79 Å². The number of piperidine rings is 1. The summed E-state index contributed by atoms with van der Waals surface area (Å²) < 4.78 is 0. The van der Waals surface area contributed by atoms with E-state index in [-0.39, 0.29) is 11.9 Å². The molecule has 2 heterocycles. The van der Waals surface area contributed by atoms with E-state index in [1.54, 1.807) is 0 Å². The monoisotopic (exact) mass is 234 g/mol. The van der Waals surface area contributed by atoms with Gasteiger partial charge in [0.15, 0.2) is 0 Å². The van der Waals surface area contributed by atoms with Crippen molar-refractivity contribution in [1.82, 2.24) is 10.3 Å². The molecule has 1 saturated heterocycles. The van der Waals surface area contributed by atoms with Gasteiger partial charge in [-0.15, -0.1) is 0 Å². The van der Waals surface area contributed by atoms with Crippen LogP contribution in [0.1, 0.15) is 19.8 Å². The van der Waals surface area contributed by atoms with Crippen LogP contribution in [0.5, 0.6) is 0 Å². The first-order valence-electron chi connectivity index (χ1n) is 6.05. The predicted octanol–water partition coefficient (Wildman–Crippen LogP) is 1.20. The highest BCUT2D eigenvalue weighted by molar-refractivity contribution is 5.85. The molecular weight excluding hydrogens is 216 g/mol. The summed E-state index contributed by atoms with van der Waals surface area (Å²) in [4.78, 5) is 16.0. The van der Waals surface area contributed by atoms with Gasteiger partial charge in [0.2, 0.25) is 5.91 Å². The molecule has 0 aliphatic carbocycles. The van der Waals surface area contributed by atoms with Crippen molar-refractivity contribution in [3.63, 3.8) is 0 Å². The average molecular weight is 234 g/mol. The van der Waals surface area contributed by atoms with E-state index >= 15 is 0 Å². The number of nitrogens with one attached hydrogen (secondary N) is 3. The van der Waals surface area contributed by atoms with Gasteiger partial charge in [-0.05, 0) is 31.9 Å². The van der Waals surface area contributed by atoms with Gasteiger partial charge in [-0.2, -0.15) is 0 Å². The zero-order valence-electron chi connectivity index (χ0n) is 9.99. The van der Waals surface area contributed by atoms with E-state index in [9.17, 15) is 4.79 Å². The van der Waals surface area contributed by atoms with Crippen LogP contribution in [-0.2, 0) is 4.79 Å². The Bertz CT molecular complexity index is 394. The van der Waals surface area contributed by atoms with Crippen molar-refractivity contribution >= 4 is 17.5 Å². The molecule has 0 aromatic carbocycles. The van der Waals surface area contributed by atoms with Gasteiger partial charge in [-0.25, -0.2) is 4.98 Å². The second-order valence-electron chi connectivity index (χ2n) is 4.07. The third-order valence-electron chi connectivity index (χ3n) is 2.71. The van der Waals surface area contributed by atoms with Crippen LogP contribution in [0.25, 0.3) is 0 Å². The molecule has 5 heteroatoms. The van der Waals surface area contributed by atoms with Crippen molar-refractivity contribution in [3.8, 4) is 0 Å². The standard InChI is InChI=1S/C12H18N4O/c1-2-13-10-6-3-7-11(16-10)15-9-5-4-8-14-12(9)17/h3,6-7,9H,2,4-5,8H2,1H3,(H,14,17)(H2,13,15,16). The molecule has 0 spiro atoms. The van der Waals surface area contributed by atoms with Crippen molar-refractivity contribution in [2.45, 2.75) is 25.8 Å². The van der Waals surface area contributed by atoms with E-state index in [2.05, 4.69) is 20.9 Å². The van der Waals surface area contributed by atoms with E-state index in [1.807, 2.05) is 25.1 Å². The van der Waals surface area contributed by atoms with Crippen molar-refractivity contribution in [3.05, 3.63) is 18.2 Å². The molecule has 1 aromatic rings. The fourth-order valence-electron chi connectivity index (χ4n) is 1.88. The fraction of sp³-hybridized carbons (Fsp3) is 0.500. The van der Waals surface area contributed by atoms with E-state index in [0.29, 0.717) is 0 Å². The second kappa shape index (κ2) is 5.52. The molecule has 2 rings (SSSR count). The first kappa shape index (κ1) is 11.7. The topological polar surface area (TPSA) is 66.0 Å². The molecule has 1 fully saturated rings. The lowest BCUT2D eigenvalue weighted by Gasteiger charge is -2.23. The molecule has 3 N–H and O–H groups in total. The third-order valence-corrected chi connectivity index (χ3v) is 2.71. The first-order chi connectivity index (χ1) is 8.29. The summed E-state index contributed by atoms with van der Waals surface area (Å²) in [5.74, 6) is 1.63. The smallest absolute Gasteiger partial charge is 0.242 e. The Morgan fingerprint density at radius 3 is 3.06 bits per heavy atom. The molecule has 0 radical (unpaired) electrons. The lowest BCUT2D eigenvalue weighted by Crippen LogP contribution is -2.44. The maximum atomic E-state index is 11.6. The van der Waals surface area contributed by atoms with Crippen LogP contribution in [-0.4, -0.2) is 30.0 Å². The molecule has 1 unspecified atom stereocenters. The van der Waals surface area contributed by atoms with Crippen LogP contribution < -0.4 is 16.0 Å².